The maximum Gasteiger partial charge on any atom is 0.243 e. The van der Waals surface area contributed by atoms with Crippen LogP contribution in [0.2, 0.25) is 0 Å². The third kappa shape index (κ3) is 3.46. The molecule has 1 aromatic heterocycles. The number of hydrogen-bond donors (Lipinski definition) is 2. The second-order valence-corrected chi connectivity index (χ2v) is 5.50. The van der Waals surface area contributed by atoms with E-state index in [4.69, 9.17) is 10.5 Å². The number of nitrogens with two attached hydrogens (primary N) is 1. The zero-order chi connectivity index (χ0) is 14.5. The normalized spacial score (nSPS) is 12.3. The molecule has 5 nitrogen and oxygen atoms in total. The number of hydrogen-bond acceptors (Lipinski definition) is 5. The molecule has 1 amide bonds. The van der Waals surface area contributed by atoms with Crippen LogP contribution in [-0.4, -0.2) is 23.5 Å². The second kappa shape index (κ2) is 6.67. The van der Waals surface area contributed by atoms with E-state index in [2.05, 4.69) is 10.3 Å². The van der Waals surface area contributed by atoms with Crippen molar-refractivity contribution in [1.29, 1.82) is 0 Å². The van der Waals surface area contributed by atoms with Gasteiger partial charge in [0, 0.05) is 0 Å². The highest BCUT2D eigenvalue weighted by atomic mass is 32.1. The number of fused-ring (bicyclic) bond motifs is 1. The third-order valence-corrected chi connectivity index (χ3v) is 3.77. The molecule has 0 fully saturated rings. The number of ether oxygens (including phenoxy) is 1. The molecule has 0 saturated heterocycles. The van der Waals surface area contributed by atoms with Crippen molar-refractivity contribution in [1.82, 2.24) is 4.98 Å². The Kier molecular flexibility index (Phi) is 4.92. The maximum absolute atomic E-state index is 11.9. The number of aromatic nitrogens is 1. The highest BCUT2D eigenvalue weighted by molar-refractivity contribution is 7.22. The van der Waals surface area contributed by atoms with Gasteiger partial charge in [0.1, 0.15) is 5.75 Å². The fourth-order valence-electron chi connectivity index (χ4n) is 1.86. The number of rotatable bonds is 6. The Hall–Kier alpha value is -1.66. The van der Waals surface area contributed by atoms with Gasteiger partial charge in [-0.3, -0.25) is 4.79 Å². The van der Waals surface area contributed by atoms with Crippen molar-refractivity contribution < 1.29 is 9.53 Å². The molecule has 0 aliphatic carbocycles. The van der Waals surface area contributed by atoms with Crippen molar-refractivity contribution >= 4 is 32.6 Å². The average molecular weight is 293 g/mol. The molecule has 0 radical (unpaired) electrons. The smallest absolute Gasteiger partial charge is 0.243 e. The molecule has 1 unspecified atom stereocenters. The quantitative estimate of drug-likeness (QED) is 0.858. The Morgan fingerprint density at radius 2 is 2.30 bits per heavy atom. The van der Waals surface area contributed by atoms with Crippen molar-refractivity contribution in [3.63, 3.8) is 0 Å². The molecule has 0 bridgehead atoms. The van der Waals surface area contributed by atoms with E-state index in [0.717, 1.165) is 22.4 Å². The Labute approximate surface area is 122 Å². The topological polar surface area (TPSA) is 77.2 Å². The predicted octanol–water partition coefficient (Wildman–Crippen LogP) is 2.76. The minimum atomic E-state index is -0.481. The van der Waals surface area contributed by atoms with Crippen LogP contribution in [0, 0.1) is 0 Å². The molecule has 0 spiro atoms. The van der Waals surface area contributed by atoms with Gasteiger partial charge in [-0.2, -0.15) is 0 Å². The standard InChI is InChI=1S/C14H19N3O2S/c1-3-5-10(15)13(18)17-14-16-11-7-6-9(19-4-2)8-12(11)20-14/h6-8,10H,3-5,15H2,1-2H3,(H,16,17,18). The van der Waals surface area contributed by atoms with E-state index in [-0.39, 0.29) is 5.91 Å². The van der Waals surface area contributed by atoms with Gasteiger partial charge in [-0.25, -0.2) is 4.98 Å². The lowest BCUT2D eigenvalue weighted by Gasteiger charge is -2.08. The van der Waals surface area contributed by atoms with Crippen molar-refractivity contribution in [3.05, 3.63) is 18.2 Å². The molecule has 1 aromatic carbocycles. The van der Waals surface area contributed by atoms with E-state index in [9.17, 15) is 4.79 Å². The molecule has 2 rings (SSSR count). The van der Waals surface area contributed by atoms with Crippen LogP contribution < -0.4 is 15.8 Å². The van der Waals surface area contributed by atoms with Gasteiger partial charge in [-0.1, -0.05) is 24.7 Å². The number of amides is 1. The van der Waals surface area contributed by atoms with Gasteiger partial charge in [-0.15, -0.1) is 0 Å². The minimum Gasteiger partial charge on any atom is -0.494 e. The highest BCUT2D eigenvalue weighted by Gasteiger charge is 2.14. The monoisotopic (exact) mass is 293 g/mol. The van der Waals surface area contributed by atoms with Gasteiger partial charge < -0.3 is 15.8 Å². The van der Waals surface area contributed by atoms with Crippen molar-refractivity contribution in [2.75, 3.05) is 11.9 Å². The van der Waals surface area contributed by atoms with E-state index < -0.39 is 6.04 Å². The Bertz CT molecular complexity index is 597. The number of carbonyl (C=O) groups excluding carboxylic acids is 1. The van der Waals surface area contributed by atoms with E-state index in [1.165, 1.54) is 11.3 Å². The first-order valence-corrected chi connectivity index (χ1v) is 7.55. The van der Waals surface area contributed by atoms with Crippen LogP contribution in [0.1, 0.15) is 26.7 Å². The summed E-state index contributed by atoms with van der Waals surface area (Å²) in [6.07, 6.45) is 1.55. The van der Waals surface area contributed by atoms with Crippen LogP contribution >= 0.6 is 11.3 Å². The fraction of sp³-hybridized carbons (Fsp3) is 0.429. The van der Waals surface area contributed by atoms with Gasteiger partial charge in [0.05, 0.1) is 22.9 Å². The van der Waals surface area contributed by atoms with E-state index in [0.29, 0.717) is 18.2 Å². The summed E-state index contributed by atoms with van der Waals surface area (Å²) in [5.41, 5.74) is 6.62. The summed E-state index contributed by atoms with van der Waals surface area (Å²) < 4.78 is 6.43. The van der Waals surface area contributed by atoms with Crippen LogP contribution in [0.5, 0.6) is 5.75 Å². The first-order valence-electron chi connectivity index (χ1n) is 6.73. The van der Waals surface area contributed by atoms with Crippen molar-refractivity contribution in [2.45, 2.75) is 32.7 Å². The van der Waals surface area contributed by atoms with Crippen LogP contribution in [0.15, 0.2) is 18.2 Å². The minimum absolute atomic E-state index is 0.184. The van der Waals surface area contributed by atoms with Crippen molar-refractivity contribution in [3.8, 4) is 5.75 Å². The Morgan fingerprint density at radius 1 is 1.50 bits per heavy atom. The fourth-order valence-corrected chi connectivity index (χ4v) is 2.75. The molecular formula is C14H19N3O2S. The molecule has 20 heavy (non-hydrogen) atoms. The van der Waals surface area contributed by atoms with Crippen LogP contribution in [0.3, 0.4) is 0 Å². The number of thiazole rings is 1. The van der Waals surface area contributed by atoms with E-state index >= 15 is 0 Å². The molecule has 108 valence electrons. The van der Waals surface area contributed by atoms with Gasteiger partial charge >= 0.3 is 0 Å². The summed E-state index contributed by atoms with van der Waals surface area (Å²) in [7, 11) is 0. The number of anilines is 1. The third-order valence-electron chi connectivity index (χ3n) is 2.84. The van der Waals surface area contributed by atoms with E-state index in [1.807, 2.05) is 32.0 Å². The summed E-state index contributed by atoms with van der Waals surface area (Å²) in [6.45, 7) is 4.57. The number of carbonyl (C=O) groups is 1. The van der Waals surface area contributed by atoms with Crippen LogP contribution in [-0.2, 0) is 4.79 Å². The number of nitrogens with one attached hydrogen (secondary N) is 1. The molecule has 1 atom stereocenters. The van der Waals surface area contributed by atoms with Crippen molar-refractivity contribution in [2.24, 2.45) is 5.73 Å². The van der Waals surface area contributed by atoms with Gasteiger partial charge in [0.15, 0.2) is 5.13 Å². The van der Waals surface area contributed by atoms with Crippen LogP contribution in [0.4, 0.5) is 5.13 Å². The predicted molar refractivity (Wildman–Crippen MR) is 82.3 cm³/mol. The zero-order valence-corrected chi connectivity index (χ0v) is 12.5. The summed E-state index contributed by atoms with van der Waals surface area (Å²) in [4.78, 5) is 16.2. The van der Waals surface area contributed by atoms with E-state index in [1.54, 1.807) is 0 Å². The lowest BCUT2D eigenvalue weighted by molar-refractivity contribution is -0.117. The first-order chi connectivity index (χ1) is 9.63. The van der Waals surface area contributed by atoms with Gasteiger partial charge in [-0.05, 0) is 31.5 Å². The maximum atomic E-state index is 11.9. The highest BCUT2D eigenvalue weighted by Crippen LogP contribution is 2.29. The number of nitrogens with zero attached hydrogens (tertiary/aromatic N) is 1. The molecule has 1 heterocycles. The largest absolute Gasteiger partial charge is 0.494 e. The molecule has 0 saturated carbocycles. The van der Waals surface area contributed by atoms with Gasteiger partial charge in [0.25, 0.3) is 0 Å². The summed E-state index contributed by atoms with van der Waals surface area (Å²) in [5, 5.41) is 3.34. The lowest BCUT2D eigenvalue weighted by atomic mass is 10.2. The molecule has 3 N–H and O–H groups in total. The summed E-state index contributed by atoms with van der Waals surface area (Å²) in [5.74, 6) is 0.625. The summed E-state index contributed by atoms with van der Waals surface area (Å²) >= 11 is 1.42. The average Bonchev–Trinajstić information content (AvgIpc) is 2.80. The number of benzene rings is 1. The van der Waals surface area contributed by atoms with Gasteiger partial charge in [0.2, 0.25) is 5.91 Å². The lowest BCUT2D eigenvalue weighted by Crippen LogP contribution is -2.35. The second-order valence-electron chi connectivity index (χ2n) is 4.47. The molecule has 2 aromatic rings. The molecule has 6 heteroatoms. The SMILES string of the molecule is CCCC(N)C(=O)Nc1nc2ccc(OCC)cc2s1. The zero-order valence-electron chi connectivity index (χ0n) is 11.7. The molecular weight excluding hydrogens is 274 g/mol. The Balaban J connectivity index is 2.13. The Morgan fingerprint density at radius 3 is 3.00 bits per heavy atom. The molecule has 0 aliphatic rings. The molecule has 0 aliphatic heterocycles. The summed E-state index contributed by atoms with van der Waals surface area (Å²) in [6, 6.07) is 5.21. The van der Waals surface area contributed by atoms with Crippen LogP contribution in [0.25, 0.3) is 10.2 Å². The first kappa shape index (κ1) is 14.7.